The summed E-state index contributed by atoms with van der Waals surface area (Å²) < 4.78 is 1.76. The summed E-state index contributed by atoms with van der Waals surface area (Å²) in [6.07, 6.45) is 0. The van der Waals surface area contributed by atoms with Crippen LogP contribution in [0, 0.1) is 5.41 Å². The summed E-state index contributed by atoms with van der Waals surface area (Å²) in [4.78, 5) is 28.2. The van der Waals surface area contributed by atoms with Crippen molar-refractivity contribution in [3.8, 4) is 5.88 Å². The Balaban J connectivity index is 2.13. The first-order valence-electron chi connectivity index (χ1n) is 7.40. The van der Waals surface area contributed by atoms with E-state index in [4.69, 9.17) is 5.41 Å². The fraction of sp³-hybridized carbons (Fsp3) is 0.188. The summed E-state index contributed by atoms with van der Waals surface area (Å²) >= 11 is 0. The van der Waals surface area contributed by atoms with Gasteiger partial charge in [0.05, 0.1) is 11.4 Å². The number of amidine groups is 1. The van der Waals surface area contributed by atoms with Crippen molar-refractivity contribution in [1.82, 2.24) is 9.13 Å². The van der Waals surface area contributed by atoms with Crippen molar-refractivity contribution in [2.75, 3.05) is 5.01 Å². The fourth-order valence-corrected chi connectivity index (χ4v) is 2.43. The number of aliphatic imine (C=N–C) groups is 1. The Morgan fingerprint density at radius 3 is 2.40 bits per heavy atom. The maximum absolute atomic E-state index is 12.3. The molecule has 0 atom stereocenters. The van der Waals surface area contributed by atoms with E-state index in [1.54, 1.807) is 19.1 Å². The van der Waals surface area contributed by atoms with Gasteiger partial charge in [0, 0.05) is 14.1 Å². The molecule has 25 heavy (non-hydrogen) atoms. The number of aromatic hydroxyl groups is 1. The Morgan fingerprint density at radius 1 is 1.12 bits per heavy atom. The number of benzene rings is 1. The van der Waals surface area contributed by atoms with Crippen LogP contribution in [0.2, 0.25) is 0 Å². The van der Waals surface area contributed by atoms with Gasteiger partial charge in [-0.2, -0.15) is 5.10 Å². The molecule has 0 fully saturated rings. The molecule has 0 amide bonds. The molecule has 9 heteroatoms. The number of hydrogen-bond donors (Lipinski definition) is 2. The van der Waals surface area contributed by atoms with Gasteiger partial charge in [-0.15, -0.1) is 0 Å². The molecule has 1 aromatic carbocycles. The second-order valence-corrected chi connectivity index (χ2v) is 5.52. The van der Waals surface area contributed by atoms with Crippen LogP contribution in [0.25, 0.3) is 0 Å². The molecule has 1 aliphatic rings. The van der Waals surface area contributed by atoms with Crippen molar-refractivity contribution in [1.29, 1.82) is 5.41 Å². The predicted molar refractivity (Wildman–Crippen MR) is 95.4 cm³/mol. The zero-order chi connectivity index (χ0) is 18.3. The van der Waals surface area contributed by atoms with Gasteiger partial charge in [0.2, 0.25) is 5.88 Å². The lowest BCUT2D eigenvalue weighted by atomic mass is 10.2. The van der Waals surface area contributed by atoms with Gasteiger partial charge in [-0.25, -0.2) is 14.8 Å². The standard InChI is InChI=1S/C16H16N6O3/c1-9-11(13(17)22(19-9)10-7-5-4-6-8-10)18-12-14(23)20(2)16(25)21(3)15(12)24/h4-8,17,23H,1-3H3. The number of anilines is 1. The number of aromatic nitrogens is 2. The number of hydrogen-bond acceptors (Lipinski definition) is 6. The van der Waals surface area contributed by atoms with E-state index in [1.165, 1.54) is 19.1 Å². The molecule has 1 aliphatic heterocycles. The molecule has 0 radical (unpaired) electrons. The molecule has 0 spiro atoms. The van der Waals surface area contributed by atoms with E-state index in [0.717, 1.165) is 9.13 Å². The maximum atomic E-state index is 12.3. The fourth-order valence-electron chi connectivity index (χ4n) is 2.43. The smallest absolute Gasteiger partial charge is 0.333 e. The summed E-state index contributed by atoms with van der Waals surface area (Å²) in [6.45, 7) is 1.65. The van der Waals surface area contributed by atoms with Crippen molar-refractivity contribution < 1.29 is 5.11 Å². The van der Waals surface area contributed by atoms with Gasteiger partial charge in [-0.3, -0.25) is 19.3 Å². The number of nitrogens with zero attached hydrogens (tertiary/aromatic N) is 5. The van der Waals surface area contributed by atoms with E-state index in [0.29, 0.717) is 11.4 Å². The molecule has 128 valence electrons. The minimum absolute atomic E-state index is 0.0287. The molecule has 2 aromatic rings. The van der Waals surface area contributed by atoms with Crippen molar-refractivity contribution in [3.05, 3.63) is 51.2 Å². The van der Waals surface area contributed by atoms with Crippen LogP contribution in [0.15, 0.2) is 50.0 Å². The first kappa shape index (κ1) is 16.4. The van der Waals surface area contributed by atoms with Crippen LogP contribution >= 0.6 is 0 Å². The quantitative estimate of drug-likeness (QED) is 0.838. The van der Waals surface area contributed by atoms with Crippen molar-refractivity contribution >= 4 is 28.6 Å². The first-order chi connectivity index (χ1) is 11.8. The van der Waals surface area contributed by atoms with Crippen molar-refractivity contribution in [2.45, 2.75) is 6.92 Å². The molecular weight excluding hydrogens is 324 g/mol. The van der Waals surface area contributed by atoms with Gasteiger partial charge in [-0.05, 0) is 19.1 Å². The number of nitrogens with one attached hydrogen (secondary N) is 1. The Hall–Kier alpha value is -3.49. The van der Waals surface area contributed by atoms with E-state index >= 15 is 0 Å². The Bertz CT molecular complexity index is 1050. The molecule has 9 nitrogen and oxygen atoms in total. The molecule has 0 saturated heterocycles. The largest absolute Gasteiger partial charge is 0.493 e. The van der Waals surface area contributed by atoms with E-state index in [2.05, 4.69) is 10.1 Å². The second-order valence-electron chi connectivity index (χ2n) is 5.52. The lowest BCUT2D eigenvalue weighted by Gasteiger charge is -2.13. The van der Waals surface area contributed by atoms with Gasteiger partial charge >= 0.3 is 5.69 Å². The average Bonchev–Trinajstić information content (AvgIpc) is 2.90. The Morgan fingerprint density at radius 2 is 1.76 bits per heavy atom. The highest BCUT2D eigenvalue weighted by atomic mass is 16.3. The third kappa shape index (κ3) is 2.55. The third-order valence-electron chi connectivity index (χ3n) is 3.86. The highest BCUT2D eigenvalue weighted by Gasteiger charge is 2.28. The summed E-state index contributed by atoms with van der Waals surface area (Å²) in [6, 6.07) is 9.06. The monoisotopic (exact) mass is 340 g/mol. The van der Waals surface area contributed by atoms with Crippen LogP contribution in [0.4, 0.5) is 11.4 Å². The van der Waals surface area contributed by atoms with Crippen LogP contribution in [-0.2, 0) is 14.1 Å². The summed E-state index contributed by atoms with van der Waals surface area (Å²) in [5.74, 6) is -0.585. The second kappa shape index (κ2) is 5.86. The topological polar surface area (TPSA) is 116 Å². The van der Waals surface area contributed by atoms with Gasteiger partial charge in [0.1, 0.15) is 5.71 Å². The van der Waals surface area contributed by atoms with Gasteiger partial charge in [0.15, 0.2) is 11.5 Å². The van der Waals surface area contributed by atoms with Crippen molar-refractivity contribution in [3.63, 3.8) is 0 Å². The molecule has 1 aromatic heterocycles. The lowest BCUT2D eigenvalue weighted by Crippen LogP contribution is -2.36. The van der Waals surface area contributed by atoms with E-state index in [-0.39, 0.29) is 17.2 Å². The van der Waals surface area contributed by atoms with Gasteiger partial charge in [0.25, 0.3) is 5.56 Å². The van der Waals surface area contributed by atoms with E-state index in [9.17, 15) is 14.7 Å². The third-order valence-corrected chi connectivity index (χ3v) is 3.86. The normalized spacial score (nSPS) is 15.8. The molecule has 2 heterocycles. The highest BCUT2D eigenvalue weighted by molar-refractivity contribution is 6.72. The Labute approximate surface area is 142 Å². The van der Waals surface area contributed by atoms with Gasteiger partial charge < -0.3 is 5.11 Å². The van der Waals surface area contributed by atoms with Crippen LogP contribution in [0.3, 0.4) is 0 Å². The molecule has 0 bridgehead atoms. The van der Waals surface area contributed by atoms with Crippen LogP contribution in [-0.4, -0.2) is 31.5 Å². The molecule has 2 N–H and O–H groups in total. The molecule has 0 saturated carbocycles. The zero-order valence-electron chi connectivity index (χ0n) is 13.9. The van der Waals surface area contributed by atoms with Crippen LogP contribution in [0.5, 0.6) is 5.88 Å². The number of hydrazone groups is 1. The summed E-state index contributed by atoms with van der Waals surface area (Å²) in [5, 5.41) is 24.1. The molecule has 0 aliphatic carbocycles. The SMILES string of the molecule is CC1=NN(c2ccccc2)C(=N)C1=Nc1c(O)n(C)c(=O)n(C)c1=O. The highest BCUT2D eigenvalue weighted by Crippen LogP contribution is 2.23. The van der Waals surface area contributed by atoms with Crippen molar-refractivity contribution in [2.24, 2.45) is 24.2 Å². The van der Waals surface area contributed by atoms with Crippen LogP contribution < -0.4 is 16.3 Å². The molecular formula is C16H16N6O3. The average molecular weight is 340 g/mol. The lowest BCUT2D eigenvalue weighted by molar-refractivity contribution is 0.414. The number of rotatable bonds is 2. The molecule has 0 unspecified atom stereocenters. The maximum Gasteiger partial charge on any atom is 0.333 e. The van der Waals surface area contributed by atoms with Gasteiger partial charge in [-0.1, -0.05) is 18.2 Å². The zero-order valence-corrected chi connectivity index (χ0v) is 13.9. The van der Waals surface area contributed by atoms with E-state index < -0.39 is 17.1 Å². The predicted octanol–water partition coefficient (Wildman–Crippen LogP) is 0.735. The first-order valence-corrected chi connectivity index (χ1v) is 7.40. The summed E-state index contributed by atoms with van der Waals surface area (Å²) in [7, 11) is 2.63. The van der Waals surface area contributed by atoms with Crippen LogP contribution in [0.1, 0.15) is 6.92 Å². The molecule has 3 rings (SSSR count). The minimum Gasteiger partial charge on any atom is -0.493 e. The summed E-state index contributed by atoms with van der Waals surface area (Å²) in [5.41, 5.74) is -0.474. The number of para-hydroxylation sites is 1. The minimum atomic E-state index is -0.744. The van der Waals surface area contributed by atoms with E-state index in [1.807, 2.05) is 18.2 Å². The Kier molecular flexibility index (Phi) is 3.84.